The smallest absolute Gasteiger partial charge is 0.265 e. The number of hydrogen-bond donors (Lipinski definition) is 1. The molecule has 0 saturated carbocycles. The predicted molar refractivity (Wildman–Crippen MR) is 118 cm³/mol. The van der Waals surface area contributed by atoms with E-state index in [0.29, 0.717) is 10.2 Å². The molecule has 0 fully saturated rings. The zero-order valence-corrected chi connectivity index (χ0v) is 18.5. The molecule has 0 spiro atoms. The van der Waals surface area contributed by atoms with E-state index in [-0.39, 0.29) is 21.4 Å². The second-order valence-electron chi connectivity index (χ2n) is 6.88. The average molecular weight is 460 g/mol. The van der Waals surface area contributed by atoms with Gasteiger partial charge in [0.15, 0.2) is 10.9 Å². The number of nitrogens with zero attached hydrogens (tertiary/aromatic N) is 4. The van der Waals surface area contributed by atoms with Crippen molar-refractivity contribution in [3.05, 3.63) is 65.6 Å². The molecule has 11 heteroatoms. The number of benzene rings is 2. The maximum absolute atomic E-state index is 13.4. The van der Waals surface area contributed by atoms with Crippen LogP contribution in [0.15, 0.2) is 53.6 Å². The predicted octanol–water partition coefficient (Wildman–Crippen LogP) is 3.55. The molecule has 8 nitrogen and oxygen atoms in total. The van der Waals surface area contributed by atoms with Gasteiger partial charge in [0.05, 0.1) is 21.3 Å². The maximum Gasteiger partial charge on any atom is 0.265 e. The fourth-order valence-electron chi connectivity index (χ4n) is 3.06. The lowest BCUT2D eigenvalue weighted by atomic mass is 10.2. The highest BCUT2D eigenvalue weighted by Crippen LogP contribution is 2.29. The zero-order valence-electron chi connectivity index (χ0n) is 16.8. The summed E-state index contributed by atoms with van der Waals surface area (Å²) in [5, 5.41) is 6.97. The molecule has 0 aliphatic heterocycles. The van der Waals surface area contributed by atoms with E-state index >= 15 is 0 Å². The molecule has 0 atom stereocenters. The average Bonchev–Trinajstić information content (AvgIpc) is 3.29. The van der Waals surface area contributed by atoms with Crippen molar-refractivity contribution >= 4 is 48.4 Å². The molecule has 0 bridgehead atoms. The van der Waals surface area contributed by atoms with Crippen LogP contribution in [0.25, 0.3) is 10.2 Å². The lowest BCUT2D eigenvalue weighted by Gasteiger charge is -2.20. The lowest BCUT2D eigenvalue weighted by Crippen LogP contribution is -2.30. The molecule has 160 valence electrons. The van der Waals surface area contributed by atoms with Crippen LogP contribution in [0.3, 0.4) is 0 Å². The number of nitrogens with one attached hydrogen (secondary N) is 1. The largest absolute Gasteiger partial charge is 0.298 e. The number of aromatic nitrogens is 3. The van der Waals surface area contributed by atoms with Crippen molar-refractivity contribution in [2.75, 3.05) is 16.7 Å². The highest BCUT2D eigenvalue weighted by atomic mass is 32.2. The summed E-state index contributed by atoms with van der Waals surface area (Å²) >= 11 is 1.12. The van der Waals surface area contributed by atoms with Crippen LogP contribution in [0.5, 0.6) is 0 Å². The van der Waals surface area contributed by atoms with E-state index in [9.17, 15) is 17.6 Å². The highest BCUT2D eigenvalue weighted by Gasteiger charge is 2.29. The summed E-state index contributed by atoms with van der Waals surface area (Å²) in [4.78, 5) is 17.3. The minimum atomic E-state index is -3.92. The molecule has 0 unspecified atom stereocenters. The molecule has 31 heavy (non-hydrogen) atoms. The molecule has 4 aromatic rings. The van der Waals surface area contributed by atoms with Crippen molar-refractivity contribution < 1.29 is 17.6 Å². The van der Waals surface area contributed by atoms with Gasteiger partial charge in [-0.05, 0) is 37.3 Å². The molecule has 2 heterocycles. The minimum absolute atomic E-state index is 0.0612. The van der Waals surface area contributed by atoms with Crippen molar-refractivity contribution in [1.29, 1.82) is 0 Å². The number of fused-ring (bicyclic) bond motifs is 1. The first-order valence-corrected chi connectivity index (χ1v) is 11.4. The van der Waals surface area contributed by atoms with Crippen molar-refractivity contribution in [2.24, 2.45) is 7.05 Å². The van der Waals surface area contributed by atoms with E-state index in [1.165, 1.54) is 48.3 Å². The normalized spacial score (nSPS) is 11.6. The quantitative estimate of drug-likeness (QED) is 0.492. The van der Waals surface area contributed by atoms with E-state index in [1.54, 1.807) is 19.2 Å². The van der Waals surface area contributed by atoms with Gasteiger partial charge in [-0.2, -0.15) is 5.10 Å². The Balaban J connectivity index is 1.66. The third kappa shape index (κ3) is 3.89. The van der Waals surface area contributed by atoms with Gasteiger partial charge in [-0.25, -0.2) is 17.8 Å². The van der Waals surface area contributed by atoms with Crippen molar-refractivity contribution in [2.45, 2.75) is 11.8 Å². The van der Waals surface area contributed by atoms with Crippen LogP contribution in [-0.4, -0.2) is 36.1 Å². The molecule has 1 amide bonds. The topological polar surface area (TPSA) is 97.2 Å². The Kier molecular flexibility index (Phi) is 5.23. The number of carbonyl (C=O) groups is 1. The van der Waals surface area contributed by atoms with Crippen LogP contribution < -0.4 is 9.62 Å². The van der Waals surface area contributed by atoms with E-state index in [2.05, 4.69) is 15.4 Å². The molecule has 0 aliphatic carbocycles. The molecule has 1 N–H and O–H groups in total. The summed E-state index contributed by atoms with van der Waals surface area (Å²) in [7, 11) is -1.00. The number of anilines is 2. The number of carbonyl (C=O) groups excluding carboxylic acids is 1. The maximum atomic E-state index is 13.4. The fraction of sp³-hybridized carbons (Fsp3) is 0.150. The first-order valence-electron chi connectivity index (χ1n) is 9.12. The van der Waals surface area contributed by atoms with Crippen molar-refractivity contribution in [3.8, 4) is 0 Å². The van der Waals surface area contributed by atoms with Gasteiger partial charge in [0.2, 0.25) is 0 Å². The number of amides is 1. The summed E-state index contributed by atoms with van der Waals surface area (Å²) in [6, 6.07) is 10.6. The Morgan fingerprint density at radius 1 is 1.19 bits per heavy atom. The Morgan fingerprint density at radius 3 is 2.61 bits per heavy atom. The van der Waals surface area contributed by atoms with Crippen molar-refractivity contribution in [1.82, 2.24) is 14.8 Å². The molecule has 2 aromatic heterocycles. The Hall–Kier alpha value is -3.31. The summed E-state index contributed by atoms with van der Waals surface area (Å²) in [6.45, 7) is 1.86. The van der Waals surface area contributed by atoms with Gasteiger partial charge in [0.1, 0.15) is 11.4 Å². The first-order chi connectivity index (χ1) is 14.7. The van der Waals surface area contributed by atoms with Gasteiger partial charge < -0.3 is 0 Å². The third-order valence-electron chi connectivity index (χ3n) is 4.70. The standard InChI is InChI=1S/C20H18FN5O3S2/c1-12-4-7-14(8-5-12)31(28,29)26(3)19-15(11-22-25(19)2)18(27)24-20-23-16-9-6-13(21)10-17(16)30-20/h4-11H,1-3H3,(H,23,24,27). The lowest BCUT2D eigenvalue weighted by molar-refractivity contribution is 0.102. The first kappa shape index (κ1) is 20.9. The van der Waals surface area contributed by atoms with Gasteiger partial charge in [-0.1, -0.05) is 29.0 Å². The van der Waals surface area contributed by atoms with E-state index in [1.807, 2.05) is 6.92 Å². The zero-order chi connectivity index (χ0) is 22.3. The van der Waals surface area contributed by atoms with Crippen molar-refractivity contribution in [3.63, 3.8) is 0 Å². The molecule has 2 aromatic carbocycles. The second-order valence-corrected chi connectivity index (χ2v) is 9.88. The van der Waals surface area contributed by atoms with E-state index in [0.717, 1.165) is 21.2 Å². The minimum Gasteiger partial charge on any atom is -0.298 e. The summed E-state index contributed by atoms with van der Waals surface area (Å²) in [5.74, 6) is -0.870. The number of rotatable bonds is 5. The van der Waals surface area contributed by atoms with Crippen LogP contribution in [0.1, 0.15) is 15.9 Å². The number of thiazole rings is 1. The van der Waals surface area contributed by atoms with Crippen LogP contribution in [0.4, 0.5) is 15.3 Å². The summed E-state index contributed by atoms with van der Waals surface area (Å²) in [5.41, 5.74) is 1.54. The van der Waals surface area contributed by atoms with E-state index < -0.39 is 21.7 Å². The molecule has 0 aliphatic rings. The number of hydrogen-bond acceptors (Lipinski definition) is 6. The fourth-order valence-corrected chi connectivity index (χ4v) is 5.19. The van der Waals surface area contributed by atoms with Gasteiger partial charge in [-0.3, -0.25) is 19.1 Å². The van der Waals surface area contributed by atoms with Gasteiger partial charge in [0, 0.05) is 14.1 Å². The molecular weight excluding hydrogens is 441 g/mol. The Morgan fingerprint density at radius 2 is 1.90 bits per heavy atom. The van der Waals surface area contributed by atoms with Crippen LogP contribution in [-0.2, 0) is 17.1 Å². The van der Waals surface area contributed by atoms with Crippen LogP contribution in [0, 0.1) is 12.7 Å². The van der Waals surface area contributed by atoms with Gasteiger partial charge in [-0.15, -0.1) is 0 Å². The van der Waals surface area contributed by atoms with Gasteiger partial charge in [0.25, 0.3) is 15.9 Å². The van der Waals surface area contributed by atoms with E-state index in [4.69, 9.17) is 0 Å². The molecule has 4 rings (SSSR count). The molecule has 0 radical (unpaired) electrons. The SMILES string of the molecule is Cc1ccc(S(=O)(=O)N(C)c2c(C(=O)Nc3nc4ccc(F)cc4s3)cnn2C)cc1. The Bertz CT molecular complexity index is 1390. The second kappa shape index (κ2) is 7.75. The van der Waals surface area contributed by atoms with Gasteiger partial charge >= 0.3 is 0 Å². The monoisotopic (exact) mass is 459 g/mol. The summed E-state index contributed by atoms with van der Waals surface area (Å²) in [6.07, 6.45) is 1.29. The number of sulfonamides is 1. The Labute approximate surface area is 182 Å². The molecule has 0 saturated heterocycles. The number of halogens is 1. The highest BCUT2D eigenvalue weighted by molar-refractivity contribution is 7.92. The number of aryl methyl sites for hydroxylation is 2. The van der Waals surface area contributed by atoms with Crippen LogP contribution >= 0.6 is 11.3 Å². The summed E-state index contributed by atoms with van der Waals surface area (Å²) < 4.78 is 42.5. The third-order valence-corrected chi connectivity index (χ3v) is 7.40. The van der Waals surface area contributed by atoms with Crippen LogP contribution in [0.2, 0.25) is 0 Å². The molecular formula is C20H18FN5O3S2.